The Morgan fingerprint density at radius 1 is 1.24 bits per heavy atom. The fourth-order valence-electron chi connectivity index (χ4n) is 6.59. The lowest BCUT2D eigenvalue weighted by atomic mass is 9.66. The summed E-state index contributed by atoms with van der Waals surface area (Å²) >= 11 is 1.65. The Labute approximate surface area is 206 Å². The zero-order chi connectivity index (χ0) is 25.0. The second kappa shape index (κ2) is 8.86. The SMILES string of the molecule is CC[C@H](C)[C@H](CO)N1C(=O)[C@@H]2[C@@H](C(=O)NC)[C@@]3(C)CCC2(S3)C1C(=O)Nc1c(C)cccc1C. The maximum Gasteiger partial charge on any atom is 0.248 e. The second-order valence-corrected chi connectivity index (χ2v) is 12.4. The number of aliphatic hydroxyl groups is 1. The Bertz CT molecular complexity index is 996. The average molecular weight is 488 g/mol. The first-order chi connectivity index (χ1) is 16.1. The van der Waals surface area contributed by atoms with Gasteiger partial charge >= 0.3 is 0 Å². The molecule has 3 saturated heterocycles. The van der Waals surface area contributed by atoms with Crippen molar-refractivity contribution < 1.29 is 19.5 Å². The predicted molar refractivity (Wildman–Crippen MR) is 135 cm³/mol. The molecule has 2 bridgehead atoms. The van der Waals surface area contributed by atoms with Gasteiger partial charge in [-0.3, -0.25) is 14.4 Å². The van der Waals surface area contributed by atoms with Crippen molar-refractivity contribution in [1.82, 2.24) is 10.2 Å². The van der Waals surface area contributed by atoms with Gasteiger partial charge < -0.3 is 20.6 Å². The molecule has 186 valence electrons. The molecule has 7 atom stereocenters. The van der Waals surface area contributed by atoms with E-state index in [9.17, 15) is 19.5 Å². The van der Waals surface area contributed by atoms with Gasteiger partial charge in [-0.05, 0) is 50.7 Å². The summed E-state index contributed by atoms with van der Waals surface area (Å²) in [6.45, 7) is 9.77. The molecule has 4 rings (SSSR count). The molecule has 1 aromatic rings. The van der Waals surface area contributed by atoms with Gasteiger partial charge in [0.05, 0.1) is 29.2 Å². The average Bonchev–Trinajstić information content (AvgIpc) is 3.37. The number of hydrogen-bond donors (Lipinski definition) is 3. The highest BCUT2D eigenvalue weighted by molar-refractivity contribution is 8.02. The van der Waals surface area contributed by atoms with Gasteiger partial charge in [-0.25, -0.2) is 0 Å². The summed E-state index contributed by atoms with van der Waals surface area (Å²) in [7, 11) is 1.60. The van der Waals surface area contributed by atoms with E-state index in [0.717, 1.165) is 29.7 Å². The highest BCUT2D eigenvalue weighted by Gasteiger charge is 2.77. The zero-order valence-electron chi connectivity index (χ0n) is 21.0. The molecule has 1 aromatic carbocycles. The van der Waals surface area contributed by atoms with Crippen molar-refractivity contribution in [2.45, 2.75) is 75.5 Å². The molecule has 2 unspecified atom stereocenters. The van der Waals surface area contributed by atoms with E-state index in [1.807, 2.05) is 45.9 Å². The third kappa shape index (κ3) is 3.48. The van der Waals surface area contributed by atoms with Crippen molar-refractivity contribution in [3.63, 3.8) is 0 Å². The molecule has 3 aliphatic heterocycles. The van der Waals surface area contributed by atoms with E-state index >= 15 is 0 Å². The number of aliphatic hydroxyl groups excluding tert-OH is 1. The minimum atomic E-state index is -0.753. The summed E-state index contributed by atoms with van der Waals surface area (Å²) in [5.74, 6) is -1.62. The number of fused-ring (bicyclic) bond motifs is 1. The maximum atomic E-state index is 14.1. The number of benzene rings is 1. The van der Waals surface area contributed by atoms with E-state index in [1.54, 1.807) is 23.7 Å². The van der Waals surface area contributed by atoms with Gasteiger partial charge in [-0.2, -0.15) is 0 Å². The summed E-state index contributed by atoms with van der Waals surface area (Å²) in [6, 6.07) is 4.62. The second-order valence-electron chi connectivity index (χ2n) is 10.5. The molecule has 3 heterocycles. The van der Waals surface area contributed by atoms with Crippen LogP contribution in [0.15, 0.2) is 18.2 Å². The molecule has 3 amide bonds. The molecule has 3 fully saturated rings. The third-order valence-electron chi connectivity index (χ3n) is 8.57. The number of aryl methyl sites for hydroxylation is 2. The largest absolute Gasteiger partial charge is 0.394 e. The van der Waals surface area contributed by atoms with Crippen molar-refractivity contribution in [3.8, 4) is 0 Å². The normalized spacial score (nSPS) is 33.6. The Kier molecular flexibility index (Phi) is 6.53. The van der Waals surface area contributed by atoms with Gasteiger partial charge in [0.15, 0.2) is 0 Å². The van der Waals surface area contributed by atoms with Crippen LogP contribution in [0.5, 0.6) is 0 Å². The van der Waals surface area contributed by atoms with Crippen molar-refractivity contribution >= 4 is 35.2 Å². The number of thioether (sulfide) groups is 1. The maximum absolute atomic E-state index is 14.1. The molecule has 1 spiro atoms. The number of amides is 3. The van der Waals surface area contributed by atoms with Crippen LogP contribution in [0.25, 0.3) is 0 Å². The number of anilines is 1. The quantitative estimate of drug-likeness (QED) is 0.549. The number of carbonyl (C=O) groups excluding carboxylic acids is 3. The van der Waals surface area contributed by atoms with E-state index in [-0.39, 0.29) is 30.2 Å². The lowest BCUT2D eigenvalue weighted by Gasteiger charge is -2.39. The van der Waals surface area contributed by atoms with Crippen molar-refractivity contribution in [2.75, 3.05) is 19.0 Å². The van der Waals surface area contributed by atoms with Gasteiger partial charge in [0.25, 0.3) is 0 Å². The minimum absolute atomic E-state index is 0.0101. The standard InChI is InChI=1S/C26H37N3O4S/c1-7-14(2)17(13-30)29-21(23(32)28-20-15(3)9-8-10-16(20)4)26-12-11-25(5,34-26)18(22(31)27-6)19(26)24(29)33/h8-10,14,17-19,21,30H,7,11-13H2,1-6H3,(H,27,31)(H,28,32)/t14-,17-,18-,19-,21?,25+,26?/m0/s1. The van der Waals surface area contributed by atoms with Gasteiger partial charge in [0.2, 0.25) is 17.7 Å². The first-order valence-corrected chi connectivity index (χ1v) is 13.1. The van der Waals surface area contributed by atoms with Crippen LogP contribution in [0.4, 0.5) is 5.69 Å². The van der Waals surface area contributed by atoms with Crippen molar-refractivity contribution in [2.24, 2.45) is 17.8 Å². The van der Waals surface area contributed by atoms with Gasteiger partial charge in [0.1, 0.15) is 6.04 Å². The first-order valence-electron chi connectivity index (χ1n) is 12.3. The fourth-order valence-corrected chi connectivity index (χ4v) is 8.94. The van der Waals surface area contributed by atoms with E-state index in [1.165, 1.54) is 0 Å². The van der Waals surface area contributed by atoms with Crippen molar-refractivity contribution in [3.05, 3.63) is 29.3 Å². The number of likely N-dealkylation sites (tertiary alicyclic amines) is 1. The van der Waals surface area contributed by atoms with Crippen LogP contribution in [0.1, 0.15) is 51.2 Å². The smallest absolute Gasteiger partial charge is 0.248 e. The van der Waals surface area contributed by atoms with E-state index in [2.05, 4.69) is 17.6 Å². The Morgan fingerprint density at radius 3 is 2.44 bits per heavy atom. The van der Waals surface area contributed by atoms with E-state index in [0.29, 0.717) is 6.42 Å². The molecule has 7 nitrogen and oxygen atoms in total. The number of hydrogen-bond acceptors (Lipinski definition) is 5. The number of carbonyl (C=O) groups is 3. The number of para-hydroxylation sites is 1. The van der Waals surface area contributed by atoms with Crippen LogP contribution in [0.2, 0.25) is 0 Å². The summed E-state index contributed by atoms with van der Waals surface area (Å²) in [5.41, 5.74) is 2.67. The summed E-state index contributed by atoms with van der Waals surface area (Å²) < 4.78 is -1.08. The number of rotatable bonds is 7. The first kappa shape index (κ1) is 25.0. The summed E-state index contributed by atoms with van der Waals surface area (Å²) in [5, 5.41) is 16.3. The van der Waals surface area contributed by atoms with Crippen molar-refractivity contribution in [1.29, 1.82) is 0 Å². The molecule has 3 N–H and O–H groups in total. The molecular weight excluding hydrogens is 450 g/mol. The highest BCUT2D eigenvalue weighted by atomic mass is 32.2. The molecule has 0 aliphatic carbocycles. The lowest BCUT2D eigenvalue weighted by Crippen LogP contribution is -2.56. The van der Waals surface area contributed by atoms with Crippen LogP contribution < -0.4 is 10.6 Å². The molecule has 0 saturated carbocycles. The topological polar surface area (TPSA) is 98.7 Å². The van der Waals surface area contributed by atoms with Crippen LogP contribution >= 0.6 is 11.8 Å². The predicted octanol–water partition coefficient (Wildman–Crippen LogP) is 2.88. The van der Waals surface area contributed by atoms with Gasteiger partial charge in [-0.1, -0.05) is 38.5 Å². The van der Waals surface area contributed by atoms with Crippen LogP contribution in [-0.2, 0) is 14.4 Å². The lowest BCUT2D eigenvalue weighted by molar-refractivity contribution is -0.143. The molecule has 8 heteroatoms. The summed E-state index contributed by atoms with van der Waals surface area (Å²) in [6.07, 6.45) is 2.23. The van der Waals surface area contributed by atoms with Crippen LogP contribution in [-0.4, -0.2) is 63.0 Å². The monoisotopic (exact) mass is 487 g/mol. The van der Waals surface area contributed by atoms with E-state index < -0.39 is 33.4 Å². The van der Waals surface area contributed by atoms with E-state index in [4.69, 9.17) is 0 Å². The molecule has 0 aromatic heterocycles. The van der Waals surface area contributed by atoms with Gasteiger partial charge in [0, 0.05) is 17.5 Å². The molecule has 3 aliphatic rings. The molecule has 34 heavy (non-hydrogen) atoms. The third-order valence-corrected chi connectivity index (χ3v) is 10.6. The van der Waals surface area contributed by atoms with Crippen LogP contribution in [0.3, 0.4) is 0 Å². The molecular formula is C26H37N3O4S. The Hall–Kier alpha value is -2.06. The Balaban J connectivity index is 1.83. The molecule has 0 radical (unpaired) electrons. The number of nitrogens with one attached hydrogen (secondary N) is 2. The minimum Gasteiger partial charge on any atom is -0.394 e. The highest BCUT2D eigenvalue weighted by Crippen LogP contribution is 2.71. The van der Waals surface area contributed by atoms with Gasteiger partial charge in [-0.15, -0.1) is 11.8 Å². The van der Waals surface area contributed by atoms with Crippen LogP contribution in [0, 0.1) is 31.6 Å². The number of nitrogens with zero attached hydrogens (tertiary/aromatic N) is 1. The fraction of sp³-hybridized carbons (Fsp3) is 0.654. The Morgan fingerprint density at radius 2 is 1.88 bits per heavy atom. The zero-order valence-corrected chi connectivity index (χ0v) is 21.8. The summed E-state index contributed by atoms with van der Waals surface area (Å²) in [4.78, 5) is 42.9.